The summed E-state index contributed by atoms with van der Waals surface area (Å²) in [5, 5.41) is 3.32. The van der Waals surface area contributed by atoms with Crippen LogP contribution in [0.15, 0.2) is 42.5 Å². The minimum Gasteiger partial charge on any atom is -0.355 e. The zero-order valence-electron chi connectivity index (χ0n) is 19.3. The van der Waals surface area contributed by atoms with E-state index in [-0.39, 0.29) is 17.3 Å². The molecule has 0 saturated heterocycles. The lowest BCUT2D eigenvalue weighted by molar-refractivity contribution is -0.139. The van der Waals surface area contributed by atoms with E-state index in [4.69, 9.17) is 23.2 Å². The van der Waals surface area contributed by atoms with Crippen molar-refractivity contribution in [2.45, 2.75) is 26.4 Å². The molecule has 0 aromatic heterocycles. The Morgan fingerprint density at radius 1 is 1.12 bits per heavy atom. The Kier molecular flexibility index (Phi) is 9.69. The first-order valence-electron chi connectivity index (χ1n) is 10.4. The quantitative estimate of drug-likeness (QED) is 0.508. The first-order chi connectivity index (χ1) is 15.9. The van der Waals surface area contributed by atoms with Gasteiger partial charge in [-0.25, -0.2) is 8.70 Å². The second-order valence-electron chi connectivity index (χ2n) is 7.58. The van der Waals surface area contributed by atoms with Crippen LogP contribution in [0, 0.1) is 5.82 Å². The van der Waals surface area contributed by atoms with Crippen molar-refractivity contribution in [1.82, 2.24) is 14.5 Å². The fraction of sp³-hybridized carbons (Fsp3) is 0.364. The standard InChI is InChI=1S/C22H27Cl2FN4O4S/c1-5-26-22(31)15(2)28(13-16-10-11-17(23)12-18(16)24)21(30)14-29(34(32,33)27(3)4)20-9-7-6-8-19(20)25/h6-12,15H,5,13-14H2,1-4H3,(H,26,31). The van der Waals surface area contributed by atoms with Crippen molar-refractivity contribution >= 4 is 50.9 Å². The highest BCUT2D eigenvalue weighted by molar-refractivity contribution is 7.90. The predicted octanol–water partition coefficient (Wildman–Crippen LogP) is 3.30. The summed E-state index contributed by atoms with van der Waals surface area (Å²) < 4.78 is 42.1. The van der Waals surface area contributed by atoms with Crippen LogP contribution < -0.4 is 9.62 Å². The number of carbonyl (C=O) groups is 2. The van der Waals surface area contributed by atoms with Crippen molar-refractivity contribution in [3.05, 3.63) is 63.9 Å². The molecule has 2 rings (SSSR count). The van der Waals surface area contributed by atoms with Crippen LogP contribution in [-0.4, -0.2) is 62.7 Å². The molecular weight excluding hydrogens is 506 g/mol. The third-order valence-corrected chi connectivity index (χ3v) is 7.41. The van der Waals surface area contributed by atoms with E-state index in [1.54, 1.807) is 19.1 Å². The molecule has 12 heteroatoms. The second kappa shape index (κ2) is 11.8. The van der Waals surface area contributed by atoms with Crippen molar-refractivity contribution in [2.24, 2.45) is 0 Å². The minimum absolute atomic E-state index is 0.0970. The van der Waals surface area contributed by atoms with E-state index in [9.17, 15) is 22.4 Å². The Morgan fingerprint density at radius 2 is 1.76 bits per heavy atom. The molecule has 2 aromatic carbocycles. The molecule has 1 N–H and O–H groups in total. The average molecular weight is 533 g/mol. The SMILES string of the molecule is CCNC(=O)C(C)N(Cc1ccc(Cl)cc1Cl)C(=O)CN(c1ccccc1F)S(=O)(=O)N(C)C. The first kappa shape index (κ1) is 27.8. The number of hydrogen-bond donors (Lipinski definition) is 1. The predicted molar refractivity (Wildman–Crippen MR) is 132 cm³/mol. The van der Waals surface area contributed by atoms with E-state index >= 15 is 0 Å². The third-order valence-electron chi connectivity index (χ3n) is 5.01. The Labute approximate surface area is 209 Å². The number of anilines is 1. The second-order valence-corrected chi connectivity index (χ2v) is 10.5. The minimum atomic E-state index is -4.25. The zero-order valence-corrected chi connectivity index (χ0v) is 21.6. The molecule has 0 fully saturated rings. The van der Waals surface area contributed by atoms with Gasteiger partial charge >= 0.3 is 10.2 Å². The zero-order chi connectivity index (χ0) is 25.6. The van der Waals surface area contributed by atoms with Gasteiger partial charge < -0.3 is 10.2 Å². The van der Waals surface area contributed by atoms with Gasteiger partial charge in [0.05, 0.1) is 5.69 Å². The number of nitrogens with zero attached hydrogens (tertiary/aromatic N) is 3. The molecule has 0 aliphatic rings. The number of para-hydroxylation sites is 1. The maximum atomic E-state index is 14.6. The van der Waals surface area contributed by atoms with Crippen LogP contribution in [0.25, 0.3) is 0 Å². The van der Waals surface area contributed by atoms with E-state index in [0.29, 0.717) is 21.4 Å². The summed E-state index contributed by atoms with van der Waals surface area (Å²) >= 11 is 12.2. The summed E-state index contributed by atoms with van der Waals surface area (Å²) in [5.41, 5.74) is 0.211. The van der Waals surface area contributed by atoms with E-state index in [1.165, 1.54) is 50.2 Å². The number of carbonyl (C=O) groups excluding carboxylic acids is 2. The molecular formula is C22H27Cl2FN4O4S. The fourth-order valence-corrected chi connectivity index (χ4v) is 4.63. The first-order valence-corrected chi connectivity index (χ1v) is 12.5. The summed E-state index contributed by atoms with van der Waals surface area (Å²) in [4.78, 5) is 27.2. The molecule has 0 saturated carbocycles. The van der Waals surface area contributed by atoms with Gasteiger partial charge in [-0.3, -0.25) is 9.59 Å². The topological polar surface area (TPSA) is 90.0 Å². The highest BCUT2D eigenvalue weighted by Crippen LogP contribution is 2.26. The monoisotopic (exact) mass is 532 g/mol. The lowest BCUT2D eigenvalue weighted by Crippen LogP contribution is -2.52. The Hall–Kier alpha value is -2.40. The molecule has 186 valence electrons. The lowest BCUT2D eigenvalue weighted by Gasteiger charge is -2.33. The van der Waals surface area contributed by atoms with Gasteiger partial charge in [0.25, 0.3) is 0 Å². The van der Waals surface area contributed by atoms with Crippen LogP contribution in [0.2, 0.25) is 10.0 Å². The van der Waals surface area contributed by atoms with Crippen molar-refractivity contribution < 1.29 is 22.4 Å². The van der Waals surface area contributed by atoms with Gasteiger partial charge in [0.2, 0.25) is 11.8 Å². The lowest BCUT2D eigenvalue weighted by atomic mass is 10.1. The fourth-order valence-electron chi connectivity index (χ4n) is 3.09. The molecule has 1 unspecified atom stereocenters. The molecule has 34 heavy (non-hydrogen) atoms. The van der Waals surface area contributed by atoms with E-state index < -0.39 is 40.4 Å². The van der Waals surface area contributed by atoms with Gasteiger partial charge in [0, 0.05) is 37.2 Å². The van der Waals surface area contributed by atoms with Crippen LogP contribution in [0.5, 0.6) is 0 Å². The van der Waals surface area contributed by atoms with Gasteiger partial charge in [0.1, 0.15) is 18.4 Å². The van der Waals surface area contributed by atoms with Gasteiger partial charge in [0.15, 0.2) is 0 Å². The molecule has 0 radical (unpaired) electrons. The van der Waals surface area contributed by atoms with Gasteiger partial charge in [-0.1, -0.05) is 41.4 Å². The molecule has 2 amide bonds. The number of amides is 2. The van der Waals surface area contributed by atoms with Crippen LogP contribution in [0.4, 0.5) is 10.1 Å². The summed E-state index contributed by atoms with van der Waals surface area (Å²) in [7, 11) is -1.70. The normalized spacial score (nSPS) is 12.4. The Balaban J connectivity index is 2.50. The summed E-state index contributed by atoms with van der Waals surface area (Å²) in [5.74, 6) is -1.97. The van der Waals surface area contributed by atoms with Crippen molar-refractivity contribution in [1.29, 1.82) is 0 Å². The number of nitrogens with one attached hydrogen (secondary N) is 1. The summed E-state index contributed by atoms with van der Waals surface area (Å²) in [6, 6.07) is 8.96. The molecule has 2 aromatic rings. The molecule has 0 aliphatic carbocycles. The van der Waals surface area contributed by atoms with Crippen LogP contribution in [0.1, 0.15) is 19.4 Å². The average Bonchev–Trinajstić information content (AvgIpc) is 2.77. The smallest absolute Gasteiger partial charge is 0.304 e. The molecule has 0 heterocycles. The number of halogens is 3. The summed E-state index contributed by atoms with van der Waals surface area (Å²) in [6.07, 6.45) is 0. The number of likely N-dealkylation sites (N-methyl/N-ethyl adjacent to an activating group) is 1. The van der Waals surface area contributed by atoms with Crippen LogP contribution in [-0.2, 0) is 26.3 Å². The highest BCUT2D eigenvalue weighted by Gasteiger charge is 2.33. The van der Waals surface area contributed by atoms with Crippen LogP contribution in [0.3, 0.4) is 0 Å². The van der Waals surface area contributed by atoms with Gasteiger partial charge in [-0.2, -0.15) is 12.7 Å². The largest absolute Gasteiger partial charge is 0.355 e. The van der Waals surface area contributed by atoms with Gasteiger partial charge in [-0.05, 0) is 43.7 Å². The van der Waals surface area contributed by atoms with E-state index in [2.05, 4.69) is 5.32 Å². The van der Waals surface area contributed by atoms with Crippen molar-refractivity contribution in [2.75, 3.05) is 31.5 Å². The third kappa shape index (κ3) is 6.59. The Bertz CT molecular complexity index is 1150. The number of hydrogen-bond acceptors (Lipinski definition) is 4. The van der Waals surface area contributed by atoms with Crippen molar-refractivity contribution in [3.8, 4) is 0 Å². The van der Waals surface area contributed by atoms with Crippen LogP contribution >= 0.6 is 23.2 Å². The summed E-state index contributed by atoms with van der Waals surface area (Å²) in [6.45, 7) is 2.75. The van der Waals surface area contributed by atoms with Gasteiger partial charge in [-0.15, -0.1) is 0 Å². The molecule has 0 bridgehead atoms. The Morgan fingerprint density at radius 3 is 2.32 bits per heavy atom. The molecule has 0 spiro atoms. The number of rotatable bonds is 10. The molecule has 0 aliphatic heterocycles. The highest BCUT2D eigenvalue weighted by atomic mass is 35.5. The maximum absolute atomic E-state index is 14.6. The molecule has 8 nitrogen and oxygen atoms in total. The van der Waals surface area contributed by atoms with E-state index in [1.807, 2.05) is 0 Å². The number of benzene rings is 2. The van der Waals surface area contributed by atoms with E-state index in [0.717, 1.165) is 10.4 Å². The molecule has 1 atom stereocenters. The van der Waals surface area contributed by atoms with Crippen molar-refractivity contribution in [3.63, 3.8) is 0 Å². The maximum Gasteiger partial charge on any atom is 0.304 e.